The van der Waals surface area contributed by atoms with E-state index in [4.69, 9.17) is 10.5 Å². The number of nitrogens with zero attached hydrogens (tertiary/aromatic N) is 1. The zero-order valence-corrected chi connectivity index (χ0v) is 12.8. The molecule has 0 aliphatic carbocycles. The van der Waals surface area contributed by atoms with Crippen LogP contribution in [0.3, 0.4) is 0 Å². The van der Waals surface area contributed by atoms with Gasteiger partial charge in [0.2, 0.25) is 10.0 Å². The fourth-order valence-corrected chi connectivity index (χ4v) is 3.73. The van der Waals surface area contributed by atoms with E-state index in [-0.39, 0.29) is 6.10 Å². The molecule has 0 bridgehead atoms. The molecule has 1 aliphatic rings. The zero-order valence-electron chi connectivity index (χ0n) is 11.9. The van der Waals surface area contributed by atoms with Gasteiger partial charge in [0.15, 0.2) is 0 Å². The van der Waals surface area contributed by atoms with Gasteiger partial charge in [0.05, 0.1) is 11.9 Å². The van der Waals surface area contributed by atoms with Crippen molar-refractivity contribution in [2.24, 2.45) is 5.73 Å². The highest BCUT2D eigenvalue weighted by molar-refractivity contribution is 7.89. The van der Waals surface area contributed by atoms with Crippen molar-refractivity contribution in [3.63, 3.8) is 0 Å². The zero-order chi connectivity index (χ0) is 15.9. The van der Waals surface area contributed by atoms with Crippen molar-refractivity contribution in [2.75, 3.05) is 32.0 Å². The maximum absolute atomic E-state index is 12.0. The molecule has 1 fully saturated rings. The van der Waals surface area contributed by atoms with Crippen LogP contribution in [0.2, 0.25) is 0 Å². The molecule has 1 heterocycles. The van der Waals surface area contributed by atoms with Crippen LogP contribution < -0.4 is 5.73 Å². The largest absolute Gasteiger partial charge is 0.389 e. The van der Waals surface area contributed by atoms with Crippen LogP contribution in [0.1, 0.15) is 32.1 Å². The lowest BCUT2D eigenvalue weighted by molar-refractivity contribution is -0.134. The van der Waals surface area contributed by atoms with E-state index in [0.717, 1.165) is 6.42 Å². The van der Waals surface area contributed by atoms with E-state index >= 15 is 0 Å². The van der Waals surface area contributed by atoms with E-state index < -0.39 is 34.8 Å². The standard InChI is InChI=1S/C12H23F3N2O3S/c13-12(14,15)5-1-10-21(18,19)17-7-3-11(4-8-17)20-9-2-6-16/h11H,1-10,16H2. The molecule has 0 aromatic carbocycles. The summed E-state index contributed by atoms with van der Waals surface area (Å²) in [6, 6.07) is 0. The molecule has 0 aromatic rings. The summed E-state index contributed by atoms with van der Waals surface area (Å²) >= 11 is 0. The van der Waals surface area contributed by atoms with E-state index in [1.54, 1.807) is 0 Å². The van der Waals surface area contributed by atoms with Crippen LogP contribution in [0.15, 0.2) is 0 Å². The van der Waals surface area contributed by atoms with Crippen molar-refractivity contribution in [2.45, 2.75) is 44.4 Å². The minimum Gasteiger partial charge on any atom is -0.378 e. The maximum atomic E-state index is 12.0. The third-order valence-electron chi connectivity index (χ3n) is 3.36. The van der Waals surface area contributed by atoms with Gasteiger partial charge in [-0.3, -0.25) is 0 Å². The lowest BCUT2D eigenvalue weighted by Crippen LogP contribution is -2.42. The van der Waals surface area contributed by atoms with Gasteiger partial charge in [-0.05, 0) is 32.2 Å². The summed E-state index contributed by atoms with van der Waals surface area (Å²) in [5, 5.41) is 0. The Kier molecular flexibility index (Phi) is 7.38. The number of sulfonamides is 1. The Bertz CT molecular complexity index is 393. The van der Waals surface area contributed by atoms with Crippen molar-refractivity contribution >= 4 is 10.0 Å². The van der Waals surface area contributed by atoms with Gasteiger partial charge in [0.1, 0.15) is 0 Å². The second-order valence-corrected chi connectivity index (χ2v) is 7.23. The Balaban J connectivity index is 2.31. The Morgan fingerprint density at radius 2 is 1.81 bits per heavy atom. The van der Waals surface area contributed by atoms with Gasteiger partial charge in [0, 0.05) is 26.1 Å². The fraction of sp³-hybridized carbons (Fsp3) is 1.00. The Morgan fingerprint density at radius 3 is 2.33 bits per heavy atom. The number of halogens is 3. The molecule has 21 heavy (non-hydrogen) atoms. The molecule has 1 aliphatic heterocycles. The summed E-state index contributed by atoms with van der Waals surface area (Å²) in [5.41, 5.74) is 5.35. The predicted molar refractivity (Wildman–Crippen MR) is 73.3 cm³/mol. The smallest absolute Gasteiger partial charge is 0.378 e. The Hall–Kier alpha value is -0.380. The normalized spacial score (nSPS) is 19.0. The van der Waals surface area contributed by atoms with Gasteiger partial charge < -0.3 is 10.5 Å². The first-order chi connectivity index (χ1) is 9.74. The summed E-state index contributed by atoms with van der Waals surface area (Å²) in [7, 11) is -3.60. The second kappa shape index (κ2) is 8.30. The molecule has 9 heteroatoms. The first-order valence-corrected chi connectivity index (χ1v) is 8.72. The molecular formula is C12H23F3N2O3S. The van der Waals surface area contributed by atoms with Crippen LogP contribution >= 0.6 is 0 Å². The minimum absolute atomic E-state index is 0.0122. The lowest BCUT2D eigenvalue weighted by atomic mass is 10.1. The highest BCUT2D eigenvalue weighted by Crippen LogP contribution is 2.23. The number of piperidine rings is 1. The number of nitrogens with two attached hydrogens (primary N) is 1. The summed E-state index contributed by atoms with van der Waals surface area (Å²) in [6.07, 6.45) is -3.84. The van der Waals surface area contributed by atoms with Crippen LogP contribution in [0.5, 0.6) is 0 Å². The molecule has 0 unspecified atom stereocenters. The summed E-state index contributed by atoms with van der Waals surface area (Å²) in [5.74, 6) is -0.453. The van der Waals surface area contributed by atoms with Crippen molar-refractivity contribution in [3.05, 3.63) is 0 Å². The Labute approximate surface area is 123 Å². The number of hydrogen-bond donors (Lipinski definition) is 1. The highest BCUT2D eigenvalue weighted by Gasteiger charge is 2.31. The van der Waals surface area contributed by atoms with Crippen molar-refractivity contribution < 1.29 is 26.3 Å². The number of alkyl halides is 3. The summed E-state index contributed by atoms with van der Waals surface area (Å²) in [4.78, 5) is 0. The van der Waals surface area contributed by atoms with Crippen LogP contribution in [-0.4, -0.2) is 57.0 Å². The molecular weight excluding hydrogens is 309 g/mol. The first-order valence-electron chi connectivity index (χ1n) is 7.11. The van der Waals surface area contributed by atoms with Crippen molar-refractivity contribution in [1.29, 1.82) is 0 Å². The summed E-state index contributed by atoms with van der Waals surface area (Å²) < 4.78 is 66.8. The van der Waals surface area contributed by atoms with E-state index in [1.165, 1.54) is 4.31 Å². The van der Waals surface area contributed by atoms with Crippen LogP contribution in [0.4, 0.5) is 13.2 Å². The predicted octanol–water partition coefficient (Wildman–Crippen LogP) is 1.49. The molecule has 0 atom stereocenters. The monoisotopic (exact) mass is 332 g/mol. The first kappa shape index (κ1) is 18.7. The van der Waals surface area contributed by atoms with Gasteiger partial charge in [-0.1, -0.05) is 0 Å². The molecule has 0 amide bonds. The van der Waals surface area contributed by atoms with Crippen molar-refractivity contribution in [3.8, 4) is 0 Å². The second-order valence-electron chi connectivity index (χ2n) is 5.15. The van der Waals surface area contributed by atoms with E-state index in [1.807, 2.05) is 0 Å². The molecule has 1 saturated heterocycles. The van der Waals surface area contributed by atoms with Crippen molar-refractivity contribution in [1.82, 2.24) is 4.31 Å². The van der Waals surface area contributed by atoms with E-state index in [9.17, 15) is 21.6 Å². The molecule has 0 aromatic heterocycles. The van der Waals surface area contributed by atoms with Gasteiger partial charge in [-0.15, -0.1) is 0 Å². The maximum Gasteiger partial charge on any atom is 0.389 e. The number of ether oxygens (including phenoxy) is 1. The quantitative estimate of drug-likeness (QED) is 0.684. The molecule has 0 radical (unpaired) electrons. The van der Waals surface area contributed by atoms with Gasteiger partial charge in [0.25, 0.3) is 0 Å². The molecule has 0 saturated carbocycles. The van der Waals surface area contributed by atoms with Crippen LogP contribution in [0, 0.1) is 0 Å². The van der Waals surface area contributed by atoms with Gasteiger partial charge >= 0.3 is 6.18 Å². The molecule has 5 nitrogen and oxygen atoms in total. The van der Waals surface area contributed by atoms with E-state index in [2.05, 4.69) is 0 Å². The topological polar surface area (TPSA) is 72.6 Å². The minimum atomic E-state index is -4.31. The Morgan fingerprint density at radius 1 is 1.19 bits per heavy atom. The average molecular weight is 332 g/mol. The molecule has 1 rings (SSSR count). The van der Waals surface area contributed by atoms with Gasteiger partial charge in [-0.25, -0.2) is 12.7 Å². The number of hydrogen-bond acceptors (Lipinski definition) is 4. The average Bonchev–Trinajstić information content (AvgIpc) is 2.38. The lowest BCUT2D eigenvalue weighted by Gasteiger charge is -2.31. The fourth-order valence-electron chi connectivity index (χ4n) is 2.19. The SMILES string of the molecule is NCCCOC1CCN(S(=O)(=O)CCCC(F)(F)F)CC1. The van der Waals surface area contributed by atoms with Crippen LogP contribution in [-0.2, 0) is 14.8 Å². The third kappa shape index (κ3) is 7.44. The summed E-state index contributed by atoms with van der Waals surface area (Å²) in [6.45, 7) is 1.72. The number of rotatable bonds is 8. The highest BCUT2D eigenvalue weighted by atomic mass is 32.2. The molecule has 2 N–H and O–H groups in total. The van der Waals surface area contributed by atoms with E-state index in [0.29, 0.717) is 39.1 Å². The molecule has 126 valence electrons. The third-order valence-corrected chi connectivity index (χ3v) is 5.32. The van der Waals surface area contributed by atoms with Crippen LogP contribution in [0.25, 0.3) is 0 Å². The molecule has 0 spiro atoms. The van der Waals surface area contributed by atoms with Gasteiger partial charge in [-0.2, -0.15) is 13.2 Å².